The Morgan fingerprint density at radius 2 is 1.89 bits per heavy atom. The molecule has 1 aromatic carbocycles. The molecule has 1 rings (SSSR count). The summed E-state index contributed by atoms with van der Waals surface area (Å²) in [6.07, 6.45) is 0. The molecule has 4 nitrogen and oxygen atoms in total. The lowest BCUT2D eigenvalue weighted by Crippen LogP contribution is -2.29. The van der Waals surface area contributed by atoms with Gasteiger partial charge in [0.25, 0.3) is 0 Å². The largest absolute Gasteiger partial charge is 0.496 e. The third kappa shape index (κ3) is 3.23. The predicted octanol–water partition coefficient (Wildman–Crippen LogP) is 1.87. The van der Waals surface area contributed by atoms with Crippen molar-refractivity contribution in [1.29, 1.82) is 0 Å². The van der Waals surface area contributed by atoms with Crippen molar-refractivity contribution in [3.05, 3.63) is 29.3 Å². The summed E-state index contributed by atoms with van der Waals surface area (Å²) in [5, 5.41) is 0. The molecule has 5 heteroatoms. The lowest BCUT2D eigenvalue weighted by atomic mass is 10.1. The molecule has 0 aromatic heterocycles. The van der Waals surface area contributed by atoms with Gasteiger partial charge in [-0.25, -0.2) is 8.42 Å². The molecule has 102 valence electrons. The van der Waals surface area contributed by atoms with Gasteiger partial charge in [-0.3, -0.25) is 0 Å². The summed E-state index contributed by atoms with van der Waals surface area (Å²) < 4.78 is 28.6. The summed E-state index contributed by atoms with van der Waals surface area (Å²) in [5.41, 5.74) is 7.18. The minimum absolute atomic E-state index is 0.0213. The van der Waals surface area contributed by atoms with Gasteiger partial charge in [-0.15, -0.1) is 0 Å². The zero-order valence-corrected chi connectivity index (χ0v) is 12.2. The third-order valence-corrected chi connectivity index (χ3v) is 5.43. The fourth-order valence-electron chi connectivity index (χ4n) is 1.52. The van der Waals surface area contributed by atoms with Crippen molar-refractivity contribution in [1.82, 2.24) is 0 Å². The number of methoxy groups -OCH3 is 1. The average Bonchev–Trinajstić information content (AvgIpc) is 2.26. The molecule has 2 N–H and O–H groups in total. The van der Waals surface area contributed by atoms with Crippen molar-refractivity contribution >= 4 is 9.84 Å². The highest BCUT2D eigenvalue weighted by molar-refractivity contribution is 7.91. The van der Waals surface area contributed by atoms with E-state index < -0.39 is 14.6 Å². The van der Waals surface area contributed by atoms with E-state index in [0.29, 0.717) is 12.3 Å². The van der Waals surface area contributed by atoms with Gasteiger partial charge in [-0.05, 0) is 38.5 Å². The molecular formula is C13H21NO3S. The number of hydrogen-bond donors (Lipinski definition) is 1. The Hall–Kier alpha value is -1.07. The zero-order valence-electron chi connectivity index (χ0n) is 11.4. The number of sulfone groups is 1. The Balaban J connectivity index is 3.07. The van der Waals surface area contributed by atoms with Gasteiger partial charge in [0.1, 0.15) is 5.75 Å². The van der Waals surface area contributed by atoms with E-state index in [2.05, 4.69) is 0 Å². The van der Waals surface area contributed by atoms with Gasteiger partial charge in [0.2, 0.25) is 0 Å². The molecular weight excluding hydrogens is 250 g/mol. The summed E-state index contributed by atoms with van der Waals surface area (Å²) in [4.78, 5) is 0. The van der Waals surface area contributed by atoms with Crippen LogP contribution in [0.15, 0.2) is 18.2 Å². The lowest BCUT2D eigenvalue weighted by Gasteiger charge is -2.19. The van der Waals surface area contributed by atoms with Crippen molar-refractivity contribution in [2.24, 2.45) is 5.73 Å². The van der Waals surface area contributed by atoms with Gasteiger partial charge in [0.05, 0.1) is 17.6 Å². The number of benzene rings is 1. The van der Waals surface area contributed by atoms with Crippen LogP contribution in [0.25, 0.3) is 0 Å². The van der Waals surface area contributed by atoms with Gasteiger partial charge in [0, 0.05) is 12.1 Å². The Kier molecular flexibility index (Phi) is 4.40. The van der Waals surface area contributed by atoms with Crippen LogP contribution >= 0.6 is 0 Å². The van der Waals surface area contributed by atoms with E-state index in [1.807, 2.05) is 0 Å². The van der Waals surface area contributed by atoms with Crippen LogP contribution in [0.2, 0.25) is 0 Å². The summed E-state index contributed by atoms with van der Waals surface area (Å²) >= 11 is 0. The van der Waals surface area contributed by atoms with Crippen molar-refractivity contribution < 1.29 is 13.2 Å². The molecule has 0 amide bonds. The highest BCUT2D eigenvalue weighted by Gasteiger charge is 2.29. The van der Waals surface area contributed by atoms with Crippen molar-refractivity contribution in [3.8, 4) is 5.75 Å². The normalized spacial score (nSPS) is 12.5. The maximum atomic E-state index is 12.1. The fourth-order valence-corrected chi connectivity index (χ4v) is 2.57. The van der Waals surface area contributed by atoms with Crippen LogP contribution in [0.3, 0.4) is 0 Å². The molecule has 0 saturated heterocycles. The Bertz CT molecular complexity index is 516. The Morgan fingerprint density at radius 3 is 2.33 bits per heavy atom. The van der Waals surface area contributed by atoms with Crippen molar-refractivity contribution in [2.75, 3.05) is 7.11 Å². The molecule has 0 fully saturated rings. The summed E-state index contributed by atoms with van der Waals surface area (Å²) in [7, 11) is -1.61. The highest BCUT2D eigenvalue weighted by Crippen LogP contribution is 2.24. The maximum absolute atomic E-state index is 12.1. The van der Waals surface area contributed by atoms with E-state index in [0.717, 1.165) is 11.1 Å². The van der Waals surface area contributed by atoms with E-state index in [9.17, 15) is 8.42 Å². The standard InChI is InChI=1S/C13H21NO3S/c1-13(2,3)18(15,16)9-10-5-6-12(17-4)11(7-10)8-14/h5-7H,8-9,14H2,1-4H3. The van der Waals surface area contributed by atoms with Crippen LogP contribution in [0.1, 0.15) is 31.9 Å². The quantitative estimate of drug-likeness (QED) is 0.907. The number of rotatable bonds is 4. The van der Waals surface area contributed by atoms with Crippen LogP contribution < -0.4 is 10.5 Å². The first-order chi connectivity index (χ1) is 8.21. The average molecular weight is 271 g/mol. The molecule has 0 aliphatic rings. The molecule has 0 atom stereocenters. The van der Waals surface area contributed by atoms with Crippen LogP contribution in [-0.2, 0) is 22.1 Å². The fraction of sp³-hybridized carbons (Fsp3) is 0.538. The number of hydrogen-bond acceptors (Lipinski definition) is 4. The van der Waals surface area contributed by atoms with Crippen LogP contribution in [0.4, 0.5) is 0 Å². The molecule has 1 aromatic rings. The van der Waals surface area contributed by atoms with E-state index in [1.165, 1.54) is 0 Å². The molecule has 0 aliphatic carbocycles. The van der Waals surface area contributed by atoms with Crippen LogP contribution in [0.5, 0.6) is 5.75 Å². The first-order valence-electron chi connectivity index (χ1n) is 5.79. The van der Waals surface area contributed by atoms with Gasteiger partial charge in [-0.2, -0.15) is 0 Å². The van der Waals surface area contributed by atoms with Gasteiger partial charge < -0.3 is 10.5 Å². The monoisotopic (exact) mass is 271 g/mol. The molecule has 0 saturated carbocycles. The second kappa shape index (κ2) is 5.28. The molecule has 0 aliphatic heterocycles. The smallest absolute Gasteiger partial charge is 0.159 e. The molecule has 0 spiro atoms. The van der Waals surface area contributed by atoms with Gasteiger partial charge >= 0.3 is 0 Å². The maximum Gasteiger partial charge on any atom is 0.159 e. The zero-order chi connectivity index (χ0) is 14.0. The summed E-state index contributed by atoms with van der Waals surface area (Å²) in [5.74, 6) is 0.711. The lowest BCUT2D eigenvalue weighted by molar-refractivity contribution is 0.409. The second-order valence-corrected chi connectivity index (χ2v) is 7.96. The number of ether oxygens (including phenoxy) is 1. The molecule has 0 unspecified atom stereocenters. The van der Waals surface area contributed by atoms with Gasteiger partial charge in [-0.1, -0.05) is 6.07 Å². The predicted molar refractivity (Wildman–Crippen MR) is 73.3 cm³/mol. The second-order valence-electron chi connectivity index (χ2n) is 5.22. The van der Waals surface area contributed by atoms with E-state index in [1.54, 1.807) is 46.1 Å². The minimum Gasteiger partial charge on any atom is -0.496 e. The topological polar surface area (TPSA) is 69.4 Å². The highest BCUT2D eigenvalue weighted by atomic mass is 32.2. The summed E-state index contributed by atoms with van der Waals surface area (Å²) in [6, 6.07) is 5.32. The van der Waals surface area contributed by atoms with Crippen molar-refractivity contribution in [2.45, 2.75) is 37.8 Å². The van der Waals surface area contributed by atoms with E-state index in [4.69, 9.17) is 10.5 Å². The van der Waals surface area contributed by atoms with Gasteiger partial charge in [0.15, 0.2) is 9.84 Å². The Labute approximate surface area is 109 Å². The third-order valence-electron chi connectivity index (χ3n) is 2.85. The molecule has 18 heavy (non-hydrogen) atoms. The first-order valence-corrected chi connectivity index (χ1v) is 7.44. The SMILES string of the molecule is COc1ccc(CS(=O)(=O)C(C)(C)C)cc1CN. The minimum atomic E-state index is -3.18. The molecule has 0 radical (unpaired) electrons. The van der Waals surface area contributed by atoms with E-state index >= 15 is 0 Å². The Morgan fingerprint density at radius 1 is 1.28 bits per heavy atom. The van der Waals surface area contributed by atoms with Crippen LogP contribution in [0, 0.1) is 0 Å². The van der Waals surface area contributed by atoms with Crippen molar-refractivity contribution in [3.63, 3.8) is 0 Å². The first kappa shape index (κ1) is 15.0. The summed E-state index contributed by atoms with van der Waals surface area (Å²) in [6.45, 7) is 5.44. The van der Waals surface area contributed by atoms with E-state index in [-0.39, 0.29) is 5.75 Å². The molecule has 0 heterocycles. The molecule has 0 bridgehead atoms. The van der Waals surface area contributed by atoms with Crippen LogP contribution in [-0.4, -0.2) is 20.3 Å². The number of nitrogens with two attached hydrogens (primary N) is 1.